The van der Waals surface area contributed by atoms with Crippen LogP contribution in [0.5, 0.6) is 5.75 Å². The molecule has 0 aliphatic heterocycles. The van der Waals surface area contributed by atoms with Gasteiger partial charge >= 0.3 is 5.97 Å². The number of ether oxygens (including phenoxy) is 3. The number of carbonyl (C=O) groups is 1. The van der Waals surface area contributed by atoms with E-state index in [1.54, 1.807) is 7.11 Å². The summed E-state index contributed by atoms with van der Waals surface area (Å²) in [5.74, 6) is 0.376. The van der Waals surface area contributed by atoms with Gasteiger partial charge in [-0.1, -0.05) is 42.5 Å². The molecular weight excluding hydrogens is 268 g/mol. The summed E-state index contributed by atoms with van der Waals surface area (Å²) in [5.41, 5.74) is 1.73. The summed E-state index contributed by atoms with van der Waals surface area (Å²) in [7, 11) is 2.98. The van der Waals surface area contributed by atoms with E-state index in [9.17, 15) is 4.79 Å². The van der Waals surface area contributed by atoms with Crippen molar-refractivity contribution in [1.82, 2.24) is 0 Å². The van der Waals surface area contributed by atoms with Crippen LogP contribution in [0.25, 0.3) is 0 Å². The van der Waals surface area contributed by atoms with Gasteiger partial charge in [-0.05, 0) is 23.3 Å². The largest absolute Gasteiger partial charge is 0.497 e. The lowest BCUT2D eigenvalue weighted by molar-refractivity contribution is -0.155. The predicted octanol–water partition coefficient (Wildman–Crippen LogP) is 3.13. The summed E-state index contributed by atoms with van der Waals surface area (Å²) < 4.78 is 15.6. The first-order valence-electron chi connectivity index (χ1n) is 6.62. The molecule has 2 aromatic rings. The Kier molecular flexibility index (Phi) is 5.35. The molecule has 21 heavy (non-hydrogen) atoms. The maximum Gasteiger partial charge on any atom is 0.339 e. The van der Waals surface area contributed by atoms with Crippen LogP contribution in [0.2, 0.25) is 0 Å². The van der Waals surface area contributed by atoms with Crippen LogP contribution in [-0.4, -0.2) is 20.2 Å². The monoisotopic (exact) mass is 286 g/mol. The van der Waals surface area contributed by atoms with Gasteiger partial charge in [0.2, 0.25) is 0 Å². The highest BCUT2D eigenvalue weighted by Crippen LogP contribution is 2.21. The molecule has 0 N–H and O–H groups in total. The fourth-order valence-electron chi connectivity index (χ4n) is 1.94. The van der Waals surface area contributed by atoms with Crippen molar-refractivity contribution in [3.8, 4) is 5.75 Å². The van der Waals surface area contributed by atoms with E-state index < -0.39 is 12.1 Å². The van der Waals surface area contributed by atoms with Crippen molar-refractivity contribution in [2.45, 2.75) is 12.7 Å². The summed E-state index contributed by atoms with van der Waals surface area (Å²) in [6.07, 6.45) is -0.724. The van der Waals surface area contributed by atoms with E-state index in [-0.39, 0.29) is 0 Å². The number of carbonyl (C=O) groups excluding carboxylic acids is 1. The van der Waals surface area contributed by atoms with Crippen molar-refractivity contribution < 1.29 is 19.0 Å². The van der Waals surface area contributed by atoms with Crippen LogP contribution >= 0.6 is 0 Å². The quantitative estimate of drug-likeness (QED) is 0.765. The zero-order valence-electron chi connectivity index (χ0n) is 12.1. The highest BCUT2D eigenvalue weighted by molar-refractivity contribution is 5.76. The van der Waals surface area contributed by atoms with Crippen LogP contribution in [0, 0.1) is 0 Å². The Hall–Kier alpha value is -2.33. The Bertz CT molecular complexity index is 563. The molecule has 0 saturated carbocycles. The minimum atomic E-state index is -0.724. The first kappa shape index (κ1) is 15.1. The van der Waals surface area contributed by atoms with Gasteiger partial charge in [-0.25, -0.2) is 4.79 Å². The molecule has 0 aliphatic carbocycles. The first-order valence-corrected chi connectivity index (χ1v) is 6.62. The molecule has 0 amide bonds. The second kappa shape index (κ2) is 7.45. The summed E-state index contributed by atoms with van der Waals surface area (Å²) in [6.45, 7) is 0.318. The number of hydrogen-bond acceptors (Lipinski definition) is 4. The minimum Gasteiger partial charge on any atom is -0.497 e. The van der Waals surface area contributed by atoms with Crippen LogP contribution < -0.4 is 4.74 Å². The van der Waals surface area contributed by atoms with Gasteiger partial charge in [-0.3, -0.25) is 0 Å². The lowest BCUT2D eigenvalue weighted by atomic mass is 10.1. The van der Waals surface area contributed by atoms with E-state index in [2.05, 4.69) is 0 Å². The van der Waals surface area contributed by atoms with Gasteiger partial charge in [-0.15, -0.1) is 0 Å². The number of benzene rings is 2. The number of hydrogen-bond donors (Lipinski definition) is 0. The third-order valence-corrected chi connectivity index (χ3v) is 3.09. The molecule has 0 spiro atoms. The van der Waals surface area contributed by atoms with Crippen LogP contribution in [0.15, 0.2) is 54.6 Å². The van der Waals surface area contributed by atoms with Crippen LogP contribution in [0.1, 0.15) is 17.2 Å². The molecule has 4 nitrogen and oxygen atoms in total. The Balaban J connectivity index is 2.07. The predicted molar refractivity (Wildman–Crippen MR) is 79.0 cm³/mol. The second-order valence-corrected chi connectivity index (χ2v) is 4.47. The van der Waals surface area contributed by atoms with Crippen molar-refractivity contribution >= 4 is 5.97 Å². The van der Waals surface area contributed by atoms with Crippen molar-refractivity contribution in [2.24, 2.45) is 0 Å². The zero-order valence-corrected chi connectivity index (χ0v) is 12.1. The molecular formula is C17H18O4. The lowest BCUT2D eigenvalue weighted by Crippen LogP contribution is -2.17. The normalized spacial score (nSPS) is 11.7. The second-order valence-electron chi connectivity index (χ2n) is 4.47. The molecule has 0 radical (unpaired) electrons. The first-order chi connectivity index (χ1) is 10.2. The topological polar surface area (TPSA) is 44.8 Å². The van der Waals surface area contributed by atoms with Gasteiger partial charge in [-0.2, -0.15) is 0 Å². The van der Waals surface area contributed by atoms with Gasteiger partial charge in [0.05, 0.1) is 20.8 Å². The molecule has 1 unspecified atom stereocenters. The smallest absolute Gasteiger partial charge is 0.339 e. The minimum absolute atomic E-state index is 0.318. The summed E-state index contributed by atoms with van der Waals surface area (Å²) in [4.78, 5) is 11.9. The zero-order chi connectivity index (χ0) is 15.1. The molecule has 0 aromatic heterocycles. The third-order valence-electron chi connectivity index (χ3n) is 3.09. The number of methoxy groups -OCH3 is 2. The van der Waals surface area contributed by atoms with Gasteiger partial charge in [0.25, 0.3) is 0 Å². The average Bonchev–Trinajstić information content (AvgIpc) is 2.56. The van der Waals surface area contributed by atoms with E-state index in [0.717, 1.165) is 16.9 Å². The van der Waals surface area contributed by atoms with Crippen LogP contribution in [-0.2, 0) is 20.9 Å². The average molecular weight is 286 g/mol. The maximum atomic E-state index is 11.9. The van der Waals surface area contributed by atoms with Crippen molar-refractivity contribution in [3.05, 3.63) is 65.7 Å². The fourth-order valence-corrected chi connectivity index (χ4v) is 1.94. The van der Waals surface area contributed by atoms with E-state index in [0.29, 0.717) is 6.61 Å². The molecule has 1 atom stereocenters. The third kappa shape index (κ3) is 4.07. The standard InChI is InChI=1S/C17H18O4/c1-19-15-10-8-13(9-11-15)12-21-16(17(18)20-2)14-6-4-3-5-7-14/h3-11,16H,12H2,1-2H3. The van der Waals surface area contributed by atoms with Crippen molar-refractivity contribution in [3.63, 3.8) is 0 Å². The molecule has 2 aromatic carbocycles. The van der Waals surface area contributed by atoms with Crippen molar-refractivity contribution in [1.29, 1.82) is 0 Å². The Morgan fingerprint density at radius 1 is 1.00 bits per heavy atom. The molecule has 0 heterocycles. The van der Waals surface area contributed by atoms with Crippen molar-refractivity contribution in [2.75, 3.05) is 14.2 Å². The molecule has 0 saturated heterocycles. The Morgan fingerprint density at radius 2 is 1.67 bits per heavy atom. The van der Waals surface area contributed by atoms with E-state index in [4.69, 9.17) is 14.2 Å². The number of esters is 1. The SMILES string of the molecule is COC(=O)C(OCc1ccc(OC)cc1)c1ccccc1. The molecule has 0 aliphatic rings. The van der Waals surface area contributed by atoms with Gasteiger partial charge in [0, 0.05) is 0 Å². The van der Waals surface area contributed by atoms with E-state index >= 15 is 0 Å². The van der Waals surface area contributed by atoms with E-state index in [1.807, 2.05) is 54.6 Å². The van der Waals surface area contributed by atoms with Gasteiger partial charge in [0.15, 0.2) is 6.10 Å². The highest BCUT2D eigenvalue weighted by Gasteiger charge is 2.21. The van der Waals surface area contributed by atoms with Gasteiger partial charge in [0.1, 0.15) is 5.75 Å². The maximum absolute atomic E-state index is 11.9. The molecule has 110 valence electrons. The van der Waals surface area contributed by atoms with Crippen LogP contribution in [0.3, 0.4) is 0 Å². The highest BCUT2D eigenvalue weighted by atomic mass is 16.6. The molecule has 0 fully saturated rings. The summed E-state index contributed by atoms with van der Waals surface area (Å²) in [6, 6.07) is 16.8. The lowest BCUT2D eigenvalue weighted by Gasteiger charge is -2.16. The fraction of sp³-hybridized carbons (Fsp3) is 0.235. The summed E-state index contributed by atoms with van der Waals surface area (Å²) >= 11 is 0. The molecule has 4 heteroatoms. The Morgan fingerprint density at radius 3 is 2.24 bits per heavy atom. The van der Waals surface area contributed by atoms with Gasteiger partial charge < -0.3 is 14.2 Å². The van der Waals surface area contributed by atoms with E-state index in [1.165, 1.54) is 7.11 Å². The van der Waals surface area contributed by atoms with Crippen LogP contribution in [0.4, 0.5) is 0 Å². The summed E-state index contributed by atoms with van der Waals surface area (Å²) in [5, 5.41) is 0. The number of rotatable bonds is 6. The molecule has 2 rings (SSSR count). The molecule has 0 bridgehead atoms. The Labute approximate surface area is 124 Å².